The zero-order chi connectivity index (χ0) is 18.0. The van der Waals surface area contributed by atoms with E-state index in [4.69, 9.17) is 0 Å². The molecular formula is C21H28N2O2. The molecule has 0 N–H and O–H groups in total. The van der Waals surface area contributed by atoms with Crippen molar-refractivity contribution in [3.8, 4) is 0 Å². The largest absolute Gasteiger partial charge is 0.362 e. The summed E-state index contributed by atoms with van der Waals surface area (Å²) in [6.07, 6.45) is 8.38. The van der Waals surface area contributed by atoms with E-state index in [-0.39, 0.29) is 29.0 Å². The lowest BCUT2D eigenvalue weighted by atomic mass is 9.46. The number of ketones is 2. The summed E-state index contributed by atoms with van der Waals surface area (Å²) in [7, 11) is 0. The molecule has 0 aromatic carbocycles. The van der Waals surface area contributed by atoms with Crippen LogP contribution in [0.5, 0.6) is 0 Å². The molecule has 0 heterocycles. The summed E-state index contributed by atoms with van der Waals surface area (Å²) < 4.78 is 0. The Bertz CT molecular complexity index is 732. The molecule has 4 nitrogen and oxygen atoms in total. The van der Waals surface area contributed by atoms with Gasteiger partial charge in [0.05, 0.1) is 5.41 Å². The van der Waals surface area contributed by atoms with Crippen LogP contribution in [0.4, 0.5) is 0 Å². The minimum Gasteiger partial charge on any atom is -0.362 e. The molecule has 4 rings (SSSR count). The number of carbonyl (C=O) groups is 2. The van der Waals surface area contributed by atoms with Crippen LogP contribution < -0.4 is 0 Å². The number of rotatable bonds is 1. The average molecular weight is 340 g/mol. The van der Waals surface area contributed by atoms with Crippen LogP contribution in [0.2, 0.25) is 0 Å². The van der Waals surface area contributed by atoms with Crippen LogP contribution >= 0.6 is 0 Å². The van der Waals surface area contributed by atoms with Crippen molar-refractivity contribution in [3.05, 3.63) is 17.2 Å². The quantitative estimate of drug-likeness (QED) is 0.534. The summed E-state index contributed by atoms with van der Waals surface area (Å²) in [6, 6.07) is 0. The Hall–Kier alpha value is -1.54. The average Bonchev–Trinajstić information content (AvgIpc) is 2.92. The van der Waals surface area contributed by atoms with Crippen molar-refractivity contribution >= 4 is 17.3 Å². The Morgan fingerprint density at radius 2 is 1.96 bits per heavy atom. The maximum atomic E-state index is 12.2. The van der Waals surface area contributed by atoms with Gasteiger partial charge in [-0.15, -0.1) is 0 Å². The van der Waals surface area contributed by atoms with Gasteiger partial charge in [-0.1, -0.05) is 6.92 Å². The molecule has 6 atom stereocenters. The van der Waals surface area contributed by atoms with Gasteiger partial charge < -0.3 is 5.53 Å². The number of carbonyl (C=O) groups excluding carboxylic acids is 2. The second-order valence-corrected chi connectivity index (χ2v) is 9.26. The maximum absolute atomic E-state index is 12.2. The minimum absolute atomic E-state index is 0.0666. The highest BCUT2D eigenvalue weighted by Gasteiger charge is 2.62. The smallest absolute Gasteiger partial charge is 0.286 e. The van der Waals surface area contributed by atoms with E-state index in [9.17, 15) is 15.1 Å². The fourth-order valence-corrected chi connectivity index (χ4v) is 7.25. The van der Waals surface area contributed by atoms with Gasteiger partial charge in [0.2, 0.25) is 0 Å². The monoisotopic (exact) mass is 340 g/mol. The minimum atomic E-state index is -0.277. The Labute approximate surface area is 149 Å². The van der Waals surface area contributed by atoms with E-state index in [1.807, 2.05) is 6.08 Å². The molecule has 0 bridgehead atoms. The highest BCUT2D eigenvalue weighted by atomic mass is 16.1. The van der Waals surface area contributed by atoms with Gasteiger partial charge in [0.1, 0.15) is 12.2 Å². The summed E-state index contributed by atoms with van der Waals surface area (Å²) in [5.41, 5.74) is 11.3. The molecule has 0 aromatic rings. The molecule has 4 heteroatoms. The summed E-state index contributed by atoms with van der Waals surface area (Å²) in [4.78, 5) is 27.8. The predicted molar refractivity (Wildman–Crippen MR) is 94.9 cm³/mol. The van der Waals surface area contributed by atoms with Crippen LogP contribution in [0.25, 0.3) is 5.53 Å². The van der Waals surface area contributed by atoms with Crippen molar-refractivity contribution < 1.29 is 14.4 Å². The Kier molecular flexibility index (Phi) is 3.70. The van der Waals surface area contributed by atoms with Gasteiger partial charge in [-0.2, -0.15) is 4.79 Å². The van der Waals surface area contributed by atoms with Crippen LogP contribution in [0.15, 0.2) is 11.6 Å². The molecule has 0 saturated heterocycles. The third-order valence-corrected chi connectivity index (χ3v) is 8.48. The number of fused-ring (bicyclic) bond motifs is 5. The zero-order valence-corrected chi connectivity index (χ0v) is 15.5. The first-order valence-electron chi connectivity index (χ1n) is 9.78. The van der Waals surface area contributed by atoms with E-state index in [1.165, 1.54) is 5.57 Å². The van der Waals surface area contributed by atoms with Crippen LogP contribution in [0, 0.1) is 34.5 Å². The summed E-state index contributed by atoms with van der Waals surface area (Å²) >= 11 is 0. The molecular weight excluding hydrogens is 312 g/mol. The van der Waals surface area contributed by atoms with Crippen molar-refractivity contribution in [1.82, 2.24) is 0 Å². The van der Waals surface area contributed by atoms with Crippen molar-refractivity contribution in [2.45, 2.75) is 65.7 Å². The maximum Gasteiger partial charge on any atom is 0.286 e. The van der Waals surface area contributed by atoms with E-state index < -0.39 is 0 Å². The highest BCUT2D eigenvalue weighted by molar-refractivity contribution is 6.11. The number of allylic oxidation sites excluding steroid dienone is 1. The van der Waals surface area contributed by atoms with Crippen molar-refractivity contribution in [2.24, 2.45) is 34.5 Å². The molecule has 0 radical (unpaired) electrons. The molecule has 0 spiro atoms. The van der Waals surface area contributed by atoms with E-state index in [0.29, 0.717) is 29.2 Å². The number of hydrogen-bond acceptors (Lipinski definition) is 2. The second-order valence-electron chi connectivity index (χ2n) is 9.26. The van der Waals surface area contributed by atoms with E-state index in [1.54, 1.807) is 6.92 Å². The molecule has 3 saturated carbocycles. The molecule has 4 aliphatic carbocycles. The van der Waals surface area contributed by atoms with Crippen LogP contribution in [0.1, 0.15) is 65.7 Å². The van der Waals surface area contributed by atoms with Gasteiger partial charge in [0.25, 0.3) is 5.71 Å². The Balaban J connectivity index is 1.74. The number of nitrogens with zero attached hydrogens (tertiary/aromatic N) is 2. The lowest BCUT2D eigenvalue weighted by Crippen LogP contribution is -2.54. The van der Waals surface area contributed by atoms with Crippen molar-refractivity contribution in [2.75, 3.05) is 0 Å². The molecule has 0 amide bonds. The summed E-state index contributed by atoms with van der Waals surface area (Å²) in [6.45, 7) is 6.29. The lowest BCUT2D eigenvalue weighted by Gasteiger charge is -2.56. The predicted octanol–water partition coefficient (Wildman–Crippen LogP) is 4.00. The van der Waals surface area contributed by atoms with E-state index in [0.717, 1.165) is 38.5 Å². The lowest BCUT2D eigenvalue weighted by molar-refractivity contribution is -0.128. The van der Waals surface area contributed by atoms with Crippen LogP contribution in [-0.2, 0) is 9.59 Å². The number of Topliss-reactive ketones (excluding diaryl/α,β-unsaturated/α-hetero) is 1. The SMILES string of the molecule is CC(=O)[C@H]1CC[C@H]2[C@@H]3CCC4=CC(=O)CC(=[N+]=[N-])[C@]4(C)[C@H]3CC[C@]12C. The Morgan fingerprint density at radius 3 is 2.64 bits per heavy atom. The highest BCUT2D eigenvalue weighted by Crippen LogP contribution is 2.66. The van der Waals surface area contributed by atoms with E-state index in [2.05, 4.69) is 18.6 Å². The third-order valence-electron chi connectivity index (χ3n) is 8.48. The third kappa shape index (κ3) is 2.13. The normalized spacial score (nSPS) is 45.8. The molecule has 0 unspecified atom stereocenters. The van der Waals surface area contributed by atoms with Crippen molar-refractivity contribution in [1.29, 1.82) is 0 Å². The Morgan fingerprint density at radius 1 is 1.20 bits per heavy atom. The molecule has 3 fully saturated rings. The molecule has 134 valence electrons. The molecule has 0 aliphatic heterocycles. The molecule has 25 heavy (non-hydrogen) atoms. The summed E-state index contributed by atoms with van der Waals surface area (Å²) in [5, 5.41) is 0. The summed E-state index contributed by atoms with van der Waals surface area (Å²) in [5.74, 6) is 2.20. The first kappa shape index (κ1) is 16.9. The van der Waals surface area contributed by atoms with Gasteiger partial charge in [-0.3, -0.25) is 9.59 Å². The molecule has 4 aliphatic rings. The first-order chi connectivity index (χ1) is 11.8. The standard InChI is InChI=1S/C21H28N2O2/c1-12(24)16-6-7-17-15-5-4-13-10-14(25)11-19(23-22)21(13,3)18(15)8-9-20(16,17)2/h10,15-18H,4-9,11H2,1-3H3/t15-,16+,17-,18-,20+,21-/m0/s1. The van der Waals surface area contributed by atoms with Gasteiger partial charge in [-0.05, 0) is 87.2 Å². The van der Waals surface area contributed by atoms with Gasteiger partial charge in [-0.25, -0.2) is 0 Å². The molecule has 0 aromatic heterocycles. The topological polar surface area (TPSA) is 70.5 Å². The van der Waals surface area contributed by atoms with Gasteiger partial charge >= 0.3 is 0 Å². The first-order valence-corrected chi connectivity index (χ1v) is 9.78. The van der Waals surface area contributed by atoms with Gasteiger partial charge in [0, 0.05) is 5.92 Å². The van der Waals surface area contributed by atoms with Crippen molar-refractivity contribution in [3.63, 3.8) is 0 Å². The van der Waals surface area contributed by atoms with Crippen LogP contribution in [0.3, 0.4) is 0 Å². The zero-order valence-electron chi connectivity index (χ0n) is 15.5. The second kappa shape index (κ2) is 5.48. The number of hydrogen-bond donors (Lipinski definition) is 0. The fraction of sp³-hybridized carbons (Fsp3) is 0.762. The van der Waals surface area contributed by atoms with Crippen LogP contribution in [-0.4, -0.2) is 22.1 Å². The van der Waals surface area contributed by atoms with E-state index >= 15 is 0 Å². The van der Waals surface area contributed by atoms with Gasteiger partial charge in [0.15, 0.2) is 5.78 Å². The fourth-order valence-electron chi connectivity index (χ4n) is 7.25.